The number of aliphatic hydroxyl groups is 1. The summed E-state index contributed by atoms with van der Waals surface area (Å²) in [5, 5.41) is 17.1. The number of ether oxygens (including phenoxy) is 1. The van der Waals surface area contributed by atoms with E-state index in [2.05, 4.69) is 15.4 Å². The summed E-state index contributed by atoms with van der Waals surface area (Å²) < 4.78 is 6.76. The van der Waals surface area contributed by atoms with Crippen molar-refractivity contribution in [3.63, 3.8) is 0 Å². The molecule has 1 unspecified atom stereocenters. The fourth-order valence-electron chi connectivity index (χ4n) is 3.30. The zero-order chi connectivity index (χ0) is 21.3. The van der Waals surface area contributed by atoms with Crippen LogP contribution in [0.2, 0.25) is 5.15 Å². The van der Waals surface area contributed by atoms with Gasteiger partial charge < -0.3 is 15.2 Å². The lowest BCUT2D eigenvalue weighted by Crippen LogP contribution is -2.39. The molecule has 2 N–H and O–H groups in total. The summed E-state index contributed by atoms with van der Waals surface area (Å²) in [5.74, 6) is -0.0267. The van der Waals surface area contributed by atoms with Gasteiger partial charge in [-0.05, 0) is 46.5 Å². The maximum Gasteiger partial charge on any atom is 0.415 e. The number of aromatic nitrogens is 3. The van der Waals surface area contributed by atoms with Crippen LogP contribution in [0.4, 0.5) is 10.6 Å². The van der Waals surface area contributed by atoms with Crippen molar-refractivity contribution in [3.05, 3.63) is 23.0 Å². The standard InChI is InChI=1S/C19H26ClN5O4/c1-19(2,3)29-18(28)24(4)15-9-14(20)23-16-13(10-21-25(15)16)17(27)22-11-6-5-7-12(26)8-11/h9-12,26H,5-8H2,1-4H3,(H,22,27)/t11?,12-/m1/s1. The fraction of sp³-hybridized carbons (Fsp3) is 0.579. The summed E-state index contributed by atoms with van der Waals surface area (Å²) in [5.41, 5.74) is -0.191. The number of aliphatic hydroxyl groups excluding tert-OH is 1. The first kappa shape index (κ1) is 21.3. The van der Waals surface area contributed by atoms with Gasteiger partial charge in [0.2, 0.25) is 0 Å². The summed E-state index contributed by atoms with van der Waals surface area (Å²) in [6.07, 6.45) is 3.34. The molecule has 3 rings (SSSR count). The van der Waals surface area contributed by atoms with Crippen LogP contribution in [0.15, 0.2) is 12.3 Å². The lowest BCUT2D eigenvalue weighted by Gasteiger charge is -2.26. The molecule has 2 atom stereocenters. The van der Waals surface area contributed by atoms with E-state index in [1.165, 1.54) is 28.7 Å². The molecule has 10 heteroatoms. The van der Waals surface area contributed by atoms with E-state index < -0.39 is 17.8 Å². The molecular formula is C19H26ClN5O4. The van der Waals surface area contributed by atoms with Gasteiger partial charge in [-0.25, -0.2) is 9.78 Å². The Bertz CT molecular complexity index is 923. The summed E-state index contributed by atoms with van der Waals surface area (Å²) in [6, 6.07) is 1.37. The number of nitrogens with zero attached hydrogens (tertiary/aromatic N) is 4. The second kappa shape index (κ2) is 8.16. The van der Waals surface area contributed by atoms with Crippen molar-refractivity contribution in [1.29, 1.82) is 0 Å². The monoisotopic (exact) mass is 423 g/mol. The zero-order valence-corrected chi connectivity index (χ0v) is 17.7. The molecular weight excluding hydrogens is 398 g/mol. The van der Waals surface area contributed by atoms with E-state index in [1.807, 2.05) is 0 Å². The van der Waals surface area contributed by atoms with Crippen molar-refractivity contribution in [1.82, 2.24) is 19.9 Å². The number of rotatable bonds is 3. The average molecular weight is 424 g/mol. The molecule has 0 spiro atoms. The maximum absolute atomic E-state index is 12.8. The first-order chi connectivity index (χ1) is 13.5. The van der Waals surface area contributed by atoms with Crippen LogP contribution in [0.1, 0.15) is 56.8 Å². The van der Waals surface area contributed by atoms with E-state index >= 15 is 0 Å². The highest BCUT2D eigenvalue weighted by Crippen LogP contribution is 2.24. The molecule has 2 heterocycles. The molecule has 0 radical (unpaired) electrons. The van der Waals surface area contributed by atoms with E-state index in [0.29, 0.717) is 12.2 Å². The number of amides is 2. The number of carbonyl (C=O) groups excluding carboxylic acids is 2. The molecule has 9 nitrogen and oxygen atoms in total. The van der Waals surface area contributed by atoms with E-state index in [-0.39, 0.29) is 28.3 Å². The third-order valence-electron chi connectivity index (χ3n) is 4.66. The lowest BCUT2D eigenvalue weighted by molar-refractivity contribution is 0.0587. The lowest BCUT2D eigenvalue weighted by atomic mass is 9.93. The number of halogens is 1. The van der Waals surface area contributed by atoms with Gasteiger partial charge in [0.25, 0.3) is 5.91 Å². The average Bonchev–Trinajstić information content (AvgIpc) is 3.02. The minimum atomic E-state index is -0.666. The third-order valence-corrected chi connectivity index (χ3v) is 4.85. The molecule has 1 saturated carbocycles. The van der Waals surface area contributed by atoms with E-state index in [1.54, 1.807) is 20.8 Å². The van der Waals surface area contributed by atoms with Crippen molar-refractivity contribution in [2.24, 2.45) is 0 Å². The first-order valence-electron chi connectivity index (χ1n) is 9.55. The van der Waals surface area contributed by atoms with Crippen LogP contribution in [0.3, 0.4) is 0 Å². The molecule has 1 fully saturated rings. The number of hydrogen-bond acceptors (Lipinski definition) is 6. The van der Waals surface area contributed by atoms with Crippen LogP contribution in [-0.4, -0.2) is 56.5 Å². The summed E-state index contributed by atoms with van der Waals surface area (Å²) in [6.45, 7) is 5.31. The van der Waals surface area contributed by atoms with Crippen molar-refractivity contribution < 1.29 is 19.4 Å². The quantitative estimate of drug-likeness (QED) is 0.734. The predicted molar refractivity (Wildman–Crippen MR) is 108 cm³/mol. The van der Waals surface area contributed by atoms with E-state index in [9.17, 15) is 14.7 Å². The van der Waals surface area contributed by atoms with Gasteiger partial charge in [0.1, 0.15) is 22.1 Å². The largest absolute Gasteiger partial charge is 0.443 e. The maximum atomic E-state index is 12.8. The van der Waals surface area contributed by atoms with Crippen LogP contribution >= 0.6 is 11.6 Å². The van der Waals surface area contributed by atoms with Crippen LogP contribution in [-0.2, 0) is 4.74 Å². The fourth-order valence-corrected chi connectivity index (χ4v) is 3.48. The Hall–Kier alpha value is -2.39. The highest BCUT2D eigenvalue weighted by Gasteiger charge is 2.27. The molecule has 2 aromatic heterocycles. The van der Waals surface area contributed by atoms with Gasteiger partial charge in [-0.2, -0.15) is 9.61 Å². The van der Waals surface area contributed by atoms with Gasteiger partial charge >= 0.3 is 6.09 Å². The highest BCUT2D eigenvalue weighted by atomic mass is 35.5. The normalized spacial score (nSPS) is 19.8. The molecule has 2 amide bonds. The topological polar surface area (TPSA) is 109 Å². The Balaban J connectivity index is 1.88. The van der Waals surface area contributed by atoms with E-state index in [0.717, 1.165) is 19.3 Å². The second-order valence-corrected chi connectivity index (χ2v) is 8.65. The summed E-state index contributed by atoms with van der Waals surface area (Å²) in [7, 11) is 1.53. The van der Waals surface area contributed by atoms with Crippen molar-refractivity contribution in [2.45, 2.75) is 64.2 Å². The second-order valence-electron chi connectivity index (χ2n) is 8.26. The minimum absolute atomic E-state index is 0.107. The van der Waals surface area contributed by atoms with Crippen LogP contribution < -0.4 is 10.2 Å². The van der Waals surface area contributed by atoms with Gasteiger partial charge in [0.15, 0.2) is 5.65 Å². The van der Waals surface area contributed by atoms with E-state index in [4.69, 9.17) is 16.3 Å². The molecule has 29 heavy (non-hydrogen) atoms. The number of anilines is 1. The Kier molecular flexibility index (Phi) is 6.00. The molecule has 1 aliphatic carbocycles. The van der Waals surface area contributed by atoms with Crippen LogP contribution in [0.25, 0.3) is 5.65 Å². The minimum Gasteiger partial charge on any atom is -0.443 e. The number of nitrogens with one attached hydrogen (secondary N) is 1. The van der Waals surface area contributed by atoms with Crippen molar-refractivity contribution >= 4 is 35.1 Å². The van der Waals surface area contributed by atoms with Crippen molar-refractivity contribution in [3.8, 4) is 0 Å². The molecule has 1 aliphatic rings. The molecule has 0 bridgehead atoms. The Morgan fingerprint density at radius 3 is 2.76 bits per heavy atom. The Morgan fingerprint density at radius 2 is 2.10 bits per heavy atom. The summed E-state index contributed by atoms with van der Waals surface area (Å²) in [4.78, 5) is 30.7. The molecule has 0 saturated heterocycles. The molecule has 2 aromatic rings. The van der Waals surface area contributed by atoms with Gasteiger partial charge in [-0.1, -0.05) is 11.6 Å². The third kappa shape index (κ3) is 4.97. The predicted octanol–water partition coefficient (Wildman–Crippen LogP) is 2.79. The highest BCUT2D eigenvalue weighted by molar-refractivity contribution is 6.30. The first-order valence-corrected chi connectivity index (χ1v) is 9.93. The molecule has 0 aliphatic heterocycles. The molecule has 158 valence electrons. The smallest absolute Gasteiger partial charge is 0.415 e. The number of carbonyl (C=O) groups is 2. The van der Waals surface area contributed by atoms with Gasteiger partial charge in [0, 0.05) is 19.2 Å². The van der Waals surface area contributed by atoms with Crippen LogP contribution in [0.5, 0.6) is 0 Å². The Labute approximate surface area is 174 Å². The number of hydrogen-bond donors (Lipinski definition) is 2. The SMILES string of the molecule is CN(C(=O)OC(C)(C)C)c1cc(Cl)nc2c(C(=O)NC3CCC[C@@H](O)C3)cnn12. The van der Waals surface area contributed by atoms with Gasteiger partial charge in [-0.15, -0.1) is 0 Å². The van der Waals surface area contributed by atoms with Gasteiger partial charge in [0.05, 0.1) is 12.3 Å². The Morgan fingerprint density at radius 1 is 1.38 bits per heavy atom. The van der Waals surface area contributed by atoms with Gasteiger partial charge in [-0.3, -0.25) is 9.69 Å². The zero-order valence-electron chi connectivity index (χ0n) is 17.0. The summed E-state index contributed by atoms with van der Waals surface area (Å²) >= 11 is 6.15. The number of fused-ring (bicyclic) bond motifs is 1. The molecule has 0 aromatic carbocycles. The van der Waals surface area contributed by atoms with Crippen LogP contribution in [0, 0.1) is 0 Å². The van der Waals surface area contributed by atoms with Crippen molar-refractivity contribution in [2.75, 3.05) is 11.9 Å².